The molecule has 1 aliphatic heterocycles. The van der Waals surface area contributed by atoms with Gasteiger partial charge in [-0.1, -0.05) is 0 Å². The second-order valence-corrected chi connectivity index (χ2v) is 5.93. The van der Waals surface area contributed by atoms with Gasteiger partial charge in [0.1, 0.15) is 30.4 Å². The maximum absolute atomic E-state index is 11.6. The minimum absolute atomic E-state index is 0.179. The van der Waals surface area contributed by atoms with Crippen LogP contribution in [-0.4, -0.2) is 62.8 Å². The van der Waals surface area contributed by atoms with Gasteiger partial charge in [-0.05, 0) is 0 Å². The molecule has 0 aliphatic carbocycles. The van der Waals surface area contributed by atoms with Crippen molar-refractivity contribution in [3.8, 4) is 0 Å². The van der Waals surface area contributed by atoms with Crippen LogP contribution in [0.15, 0.2) is 12.5 Å². The molecule has 0 amide bonds. The van der Waals surface area contributed by atoms with Crippen LogP contribution < -0.4 is 0 Å². The topological polar surface area (TPSA) is 143 Å². The van der Waals surface area contributed by atoms with Gasteiger partial charge in [0.25, 0.3) is 0 Å². The first kappa shape index (κ1) is 18.7. The lowest BCUT2D eigenvalue weighted by molar-refractivity contribution is -0.165. The maximum atomic E-state index is 11.6. The van der Waals surface area contributed by atoms with Crippen LogP contribution in [0, 0.1) is 0 Å². The summed E-state index contributed by atoms with van der Waals surface area (Å²) in [5.41, 5.74) is 0.961. The Bertz CT molecular complexity index is 834. The van der Waals surface area contributed by atoms with E-state index in [1.165, 1.54) is 33.3 Å². The van der Waals surface area contributed by atoms with Crippen molar-refractivity contribution in [2.24, 2.45) is 0 Å². The van der Waals surface area contributed by atoms with Crippen molar-refractivity contribution >= 4 is 29.1 Å². The number of aromatic amines is 1. The van der Waals surface area contributed by atoms with Crippen LogP contribution in [0.1, 0.15) is 32.7 Å². The fourth-order valence-corrected chi connectivity index (χ4v) is 2.85. The van der Waals surface area contributed by atoms with Gasteiger partial charge in [-0.15, -0.1) is 0 Å². The average Bonchev–Trinajstić information content (AvgIpc) is 3.14. The van der Waals surface area contributed by atoms with Gasteiger partial charge in [-0.3, -0.25) is 14.4 Å². The van der Waals surface area contributed by atoms with Gasteiger partial charge in [0, 0.05) is 20.8 Å². The molecule has 2 aromatic heterocycles. The Morgan fingerprint density at radius 2 is 1.81 bits per heavy atom. The Morgan fingerprint density at radius 1 is 1.11 bits per heavy atom. The summed E-state index contributed by atoms with van der Waals surface area (Å²) in [7, 11) is 0. The highest BCUT2D eigenvalue weighted by Gasteiger charge is 2.51. The molecule has 0 saturated carbocycles. The third-order valence-corrected chi connectivity index (χ3v) is 3.81. The molecule has 1 aliphatic rings. The summed E-state index contributed by atoms with van der Waals surface area (Å²) < 4.78 is 21.5. The van der Waals surface area contributed by atoms with E-state index in [9.17, 15) is 14.4 Å². The number of esters is 3. The molecule has 0 spiro atoms. The Kier molecular flexibility index (Phi) is 5.31. The summed E-state index contributed by atoms with van der Waals surface area (Å²) in [6, 6.07) is 0. The molecule has 4 atom stereocenters. The molecule has 1 N–H and O–H groups in total. The van der Waals surface area contributed by atoms with Gasteiger partial charge in [-0.2, -0.15) is 0 Å². The molecule has 144 valence electrons. The minimum Gasteiger partial charge on any atom is -0.463 e. The van der Waals surface area contributed by atoms with E-state index in [4.69, 9.17) is 18.9 Å². The summed E-state index contributed by atoms with van der Waals surface area (Å²) in [4.78, 5) is 49.5. The van der Waals surface area contributed by atoms with E-state index in [1.54, 1.807) is 0 Å². The van der Waals surface area contributed by atoms with E-state index in [2.05, 4.69) is 19.9 Å². The first-order valence-electron chi connectivity index (χ1n) is 8.14. The Balaban J connectivity index is 1.94. The lowest BCUT2D eigenvalue weighted by atomic mass is 10.1. The third kappa shape index (κ3) is 4.19. The van der Waals surface area contributed by atoms with Gasteiger partial charge in [0.15, 0.2) is 24.0 Å². The second kappa shape index (κ2) is 7.66. The fraction of sp³-hybridized carbons (Fsp3) is 0.500. The second-order valence-electron chi connectivity index (χ2n) is 5.93. The van der Waals surface area contributed by atoms with Gasteiger partial charge in [-0.25, -0.2) is 15.0 Å². The molecule has 0 bridgehead atoms. The highest BCUT2D eigenvalue weighted by Crippen LogP contribution is 2.37. The Labute approximate surface area is 153 Å². The van der Waals surface area contributed by atoms with E-state index in [0.29, 0.717) is 17.0 Å². The van der Waals surface area contributed by atoms with Crippen LogP contribution in [0.5, 0.6) is 0 Å². The smallest absolute Gasteiger partial charge is 0.303 e. The van der Waals surface area contributed by atoms with E-state index in [1.807, 2.05) is 0 Å². The highest BCUT2D eigenvalue weighted by molar-refractivity contribution is 5.69. The molecular weight excluding hydrogens is 360 g/mol. The van der Waals surface area contributed by atoms with Gasteiger partial charge >= 0.3 is 17.9 Å². The molecule has 27 heavy (non-hydrogen) atoms. The number of imidazole rings is 1. The molecule has 3 rings (SSSR count). The summed E-state index contributed by atoms with van der Waals surface area (Å²) in [6.07, 6.45) is -0.805. The Hall–Kier alpha value is -3.08. The van der Waals surface area contributed by atoms with Crippen LogP contribution in [0.2, 0.25) is 0 Å². The lowest BCUT2D eigenvalue weighted by Crippen LogP contribution is -2.40. The van der Waals surface area contributed by atoms with Gasteiger partial charge in [0.05, 0.1) is 6.20 Å². The van der Waals surface area contributed by atoms with Crippen LogP contribution >= 0.6 is 0 Å². The van der Waals surface area contributed by atoms with Crippen molar-refractivity contribution in [3.05, 3.63) is 18.3 Å². The number of carbonyl (C=O) groups excluding carboxylic acids is 3. The molecule has 2 aromatic rings. The minimum atomic E-state index is -0.986. The van der Waals surface area contributed by atoms with E-state index in [-0.39, 0.29) is 6.61 Å². The summed E-state index contributed by atoms with van der Waals surface area (Å²) in [6.45, 7) is 3.51. The summed E-state index contributed by atoms with van der Waals surface area (Å²) >= 11 is 0. The number of H-pyrrole nitrogens is 1. The predicted octanol–water partition coefficient (Wildman–Crippen LogP) is 0.219. The number of rotatable bonds is 5. The predicted molar refractivity (Wildman–Crippen MR) is 87.0 cm³/mol. The third-order valence-electron chi connectivity index (χ3n) is 3.81. The molecular formula is C16H18N4O7. The van der Waals surface area contributed by atoms with Crippen molar-refractivity contribution in [2.45, 2.75) is 45.2 Å². The number of aromatic nitrogens is 4. The monoisotopic (exact) mass is 378 g/mol. The summed E-state index contributed by atoms with van der Waals surface area (Å²) in [5.74, 6) is -1.38. The van der Waals surface area contributed by atoms with Crippen molar-refractivity contribution < 1.29 is 33.3 Å². The zero-order valence-electron chi connectivity index (χ0n) is 14.9. The first-order chi connectivity index (χ1) is 12.8. The number of nitrogens with zero attached hydrogens (tertiary/aromatic N) is 3. The van der Waals surface area contributed by atoms with Crippen LogP contribution in [0.4, 0.5) is 0 Å². The summed E-state index contributed by atoms with van der Waals surface area (Å²) in [5, 5.41) is 0. The van der Waals surface area contributed by atoms with E-state index in [0.717, 1.165) is 0 Å². The van der Waals surface area contributed by atoms with Gasteiger partial charge < -0.3 is 23.9 Å². The van der Waals surface area contributed by atoms with Crippen molar-refractivity contribution in [3.63, 3.8) is 0 Å². The number of carbonyl (C=O) groups is 3. The van der Waals surface area contributed by atoms with Crippen LogP contribution in [0.25, 0.3) is 11.2 Å². The molecule has 1 fully saturated rings. The molecule has 11 heteroatoms. The number of hydrogen-bond donors (Lipinski definition) is 1. The number of nitrogens with one attached hydrogen (secondary N) is 1. The van der Waals surface area contributed by atoms with Crippen molar-refractivity contribution in [1.82, 2.24) is 19.9 Å². The normalized spacial score (nSPS) is 24.6. The molecule has 1 unspecified atom stereocenters. The largest absolute Gasteiger partial charge is 0.463 e. The number of ether oxygens (including phenoxy) is 4. The Morgan fingerprint density at radius 3 is 2.44 bits per heavy atom. The van der Waals surface area contributed by atoms with E-state index >= 15 is 0 Å². The number of hydrogen-bond acceptors (Lipinski definition) is 10. The molecule has 1 saturated heterocycles. The standard InChI is InChI=1S/C16H18N4O7/c1-7(21)24-5-11-12(25-8(2)22)13(26-9(3)23)14(27-11)16-19-10-4-17-6-18-15(10)20-16/h4,6,11-14H,5H2,1-3H3,(H,17,18,19,20)/t11-,12-,13-,14?/m1/s1. The van der Waals surface area contributed by atoms with Gasteiger partial charge in [0.2, 0.25) is 0 Å². The molecule has 0 aromatic carbocycles. The first-order valence-corrected chi connectivity index (χ1v) is 8.14. The maximum Gasteiger partial charge on any atom is 0.303 e. The molecule has 3 heterocycles. The van der Waals surface area contributed by atoms with Crippen LogP contribution in [-0.2, 0) is 33.3 Å². The fourth-order valence-electron chi connectivity index (χ4n) is 2.85. The van der Waals surface area contributed by atoms with E-state index < -0.39 is 42.3 Å². The average molecular weight is 378 g/mol. The molecule has 11 nitrogen and oxygen atoms in total. The van der Waals surface area contributed by atoms with Crippen molar-refractivity contribution in [1.29, 1.82) is 0 Å². The zero-order valence-corrected chi connectivity index (χ0v) is 14.9. The lowest BCUT2D eigenvalue weighted by Gasteiger charge is -2.22. The van der Waals surface area contributed by atoms with Crippen LogP contribution in [0.3, 0.4) is 0 Å². The quantitative estimate of drug-likeness (QED) is 0.567. The number of fused-ring (bicyclic) bond motifs is 1. The van der Waals surface area contributed by atoms with Crippen molar-refractivity contribution in [2.75, 3.05) is 6.61 Å². The molecule has 0 radical (unpaired) electrons. The zero-order chi connectivity index (χ0) is 19.6. The highest BCUT2D eigenvalue weighted by atomic mass is 16.6. The SMILES string of the molecule is CC(=O)OC[C@H]1OC(c2nc3ncncc3[nH]2)[C@H](OC(C)=O)[C@@H]1OC(C)=O.